The lowest BCUT2D eigenvalue weighted by molar-refractivity contribution is 0.0738. The zero-order valence-corrected chi connectivity index (χ0v) is 19.4. The molecule has 0 bridgehead atoms. The number of aryl methyl sites for hydroxylation is 2. The molecule has 0 aliphatic carbocycles. The number of ether oxygens (including phenoxy) is 2. The first-order valence-corrected chi connectivity index (χ1v) is 11.6. The summed E-state index contributed by atoms with van der Waals surface area (Å²) in [6.45, 7) is 7.02. The summed E-state index contributed by atoms with van der Waals surface area (Å²) in [5, 5.41) is 8.65. The molecule has 0 spiro atoms. The summed E-state index contributed by atoms with van der Waals surface area (Å²) >= 11 is 0. The third kappa shape index (κ3) is 4.39. The Balaban J connectivity index is 1.48. The number of rotatable bonds is 5. The first-order valence-electron chi connectivity index (χ1n) is 11.6. The Kier molecular flexibility index (Phi) is 6.16. The second-order valence-corrected chi connectivity index (χ2v) is 8.89. The second kappa shape index (κ2) is 9.23. The predicted octanol–water partition coefficient (Wildman–Crippen LogP) is 3.79. The van der Waals surface area contributed by atoms with Crippen LogP contribution in [-0.4, -0.2) is 60.6 Å². The van der Waals surface area contributed by atoms with Gasteiger partial charge in [0, 0.05) is 56.8 Å². The fourth-order valence-electron chi connectivity index (χ4n) is 4.91. The summed E-state index contributed by atoms with van der Waals surface area (Å²) in [4.78, 5) is 11.5. The molecule has 3 aromatic rings. The molecule has 0 amide bonds. The molecule has 2 fully saturated rings. The topological polar surface area (TPSA) is 85.5 Å². The average molecular weight is 456 g/mol. The van der Waals surface area contributed by atoms with E-state index in [1.807, 2.05) is 13.0 Å². The maximum Gasteiger partial charge on any atom is 0.223 e. The number of fused-ring (bicyclic) bond motifs is 1. The van der Waals surface area contributed by atoms with Crippen LogP contribution in [0, 0.1) is 19.7 Å². The van der Waals surface area contributed by atoms with E-state index in [0.29, 0.717) is 46.3 Å². The maximum atomic E-state index is 15.0. The van der Waals surface area contributed by atoms with E-state index in [4.69, 9.17) is 19.0 Å². The van der Waals surface area contributed by atoms with E-state index in [1.165, 1.54) is 13.2 Å². The number of halogens is 1. The Bertz CT molecular complexity index is 1140. The highest BCUT2D eigenvalue weighted by Gasteiger charge is 2.28. The number of pyridine rings is 1. The molecule has 4 heterocycles. The molecule has 0 unspecified atom stereocenters. The highest BCUT2D eigenvalue weighted by molar-refractivity contribution is 5.93. The molecule has 2 saturated heterocycles. The van der Waals surface area contributed by atoms with Crippen LogP contribution in [0.1, 0.15) is 37.1 Å². The van der Waals surface area contributed by atoms with Gasteiger partial charge in [-0.2, -0.15) is 4.98 Å². The van der Waals surface area contributed by atoms with Crippen LogP contribution in [0.3, 0.4) is 0 Å². The summed E-state index contributed by atoms with van der Waals surface area (Å²) < 4.78 is 31.0. The van der Waals surface area contributed by atoms with E-state index < -0.39 is 5.82 Å². The molecule has 2 aromatic heterocycles. The zero-order chi connectivity index (χ0) is 22.9. The van der Waals surface area contributed by atoms with Crippen molar-refractivity contribution in [1.29, 1.82) is 0 Å². The van der Waals surface area contributed by atoms with Crippen molar-refractivity contribution in [2.45, 2.75) is 51.6 Å². The molecular weight excluding hydrogens is 425 g/mol. The van der Waals surface area contributed by atoms with E-state index in [-0.39, 0.29) is 0 Å². The van der Waals surface area contributed by atoms with Crippen molar-refractivity contribution in [2.24, 2.45) is 0 Å². The Hall–Kier alpha value is -2.78. The monoisotopic (exact) mass is 455 g/mol. The fourth-order valence-corrected chi connectivity index (χ4v) is 4.91. The number of anilines is 1. The van der Waals surface area contributed by atoms with Gasteiger partial charge in [0.25, 0.3) is 0 Å². The quantitative estimate of drug-likeness (QED) is 0.622. The van der Waals surface area contributed by atoms with Gasteiger partial charge in [-0.3, -0.25) is 0 Å². The molecule has 8 nitrogen and oxygen atoms in total. The van der Waals surface area contributed by atoms with Crippen molar-refractivity contribution in [1.82, 2.24) is 20.4 Å². The van der Waals surface area contributed by atoms with Crippen LogP contribution in [-0.2, 0) is 4.74 Å². The van der Waals surface area contributed by atoms with Crippen molar-refractivity contribution in [2.75, 3.05) is 38.3 Å². The lowest BCUT2D eigenvalue weighted by Gasteiger charge is -2.37. The number of benzene rings is 1. The van der Waals surface area contributed by atoms with Gasteiger partial charge in [-0.05, 0) is 44.2 Å². The van der Waals surface area contributed by atoms with Crippen LogP contribution in [0.15, 0.2) is 16.7 Å². The van der Waals surface area contributed by atoms with Gasteiger partial charge in [0.1, 0.15) is 17.1 Å². The Morgan fingerprint density at radius 2 is 1.79 bits per heavy atom. The molecule has 5 rings (SSSR count). The molecule has 2 aliphatic heterocycles. The summed E-state index contributed by atoms with van der Waals surface area (Å²) in [6.07, 6.45) is 4.11. The molecule has 1 N–H and O–H groups in total. The maximum absolute atomic E-state index is 15.0. The van der Waals surface area contributed by atoms with Crippen molar-refractivity contribution >= 4 is 16.7 Å². The highest BCUT2D eigenvalue weighted by atomic mass is 19.1. The van der Waals surface area contributed by atoms with Crippen molar-refractivity contribution in [3.8, 4) is 17.1 Å². The Labute approximate surface area is 192 Å². The summed E-state index contributed by atoms with van der Waals surface area (Å²) in [5.74, 6) is 1.70. The molecule has 1 aromatic carbocycles. The van der Waals surface area contributed by atoms with Crippen molar-refractivity contribution in [3.05, 3.63) is 29.4 Å². The zero-order valence-electron chi connectivity index (χ0n) is 19.4. The minimum Gasteiger partial charge on any atom is -0.497 e. The number of methoxy groups -OCH3 is 1. The van der Waals surface area contributed by atoms with Crippen molar-refractivity contribution in [3.63, 3.8) is 0 Å². The molecule has 2 aliphatic rings. The van der Waals surface area contributed by atoms with Gasteiger partial charge in [-0.15, -0.1) is 0 Å². The van der Waals surface area contributed by atoms with Crippen LogP contribution in [0.5, 0.6) is 5.75 Å². The standard InChI is InChI=1S/C24H30FN5O3/c1-14-19-12-18(31-3)13-20(25)22(19)28-24(21(14)23-26-15(2)33-29-23)30-8-4-16(5-9-30)27-17-6-10-32-11-7-17/h12-13,16-17,27H,4-11H2,1-3H3. The van der Waals surface area contributed by atoms with E-state index in [9.17, 15) is 4.39 Å². The number of nitrogens with zero attached hydrogens (tertiary/aromatic N) is 4. The first-order chi connectivity index (χ1) is 16.0. The van der Waals surface area contributed by atoms with Crippen LogP contribution < -0.4 is 15.0 Å². The van der Waals surface area contributed by atoms with Crippen LogP contribution in [0.2, 0.25) is 0 Å². The van der Waals surface area contributed by atoms with E-state index in [2.05, 4.69) is 20.4 Å². The molecule has 0 atom stereocenters. The van der Waals surface area contributed by atoms with Crippen LogP contribution in [0.25, 0.3) is 22.3 Å². The van der Waals surface area contributed by atoms with Gasteiger partial charge in [0.05, 0.1) is 12.7 Å². The van der Waals surface area contributed by atoms with E-state index in [0.717, 1.165) is 63.1 Å². The summed E-state index contributed by atoms with van der Waals surface area (Å²) in [7, 11) is 1.53. The SMILES string of the molecule is COc1cc(F)c2nc(N3CCC(NC4CCOCC4)CC3)c(-c3noc(C)n3)c(C)c2c1. The van der Waals surface area contributed by atoms with Gasteiger partial charge in [0.2, 0.25) is 11.7 Å². The largest absolute Gasteiger partial charge is 0.497 e. The molecule has 176 valence electrons. The first kappa shape index (κ1) is 22.0. The third-order valence-electron chi connectivity index (χ3n) is 6.73. The number of nitrogens with one attached hydrogen (secondary N) is 1. The van der Waals surface area contributed by atoms with Gasteiger partial charge in [-0.25, -0.2) is 9.37 Å². The second-order valence-electron chi connectivity index (χ2n) is 8.89. The Morgan fingerprint density at radius 3 is 2.45 bits per heavy atom. The molecule has 33 heavy (non-hydrogen) atoms. The third-order valence-corrected chi connectivity index (χ3v) is 6.73. The number of hydrogen-bond donors (Lipinski definition) is 1. The lowest BCUT2D eigenvalue weighted by atomic mass is 9.98. The smallest absolute Gasteiger partial charge is 0.223 e. The molecule has 9 heteroatoms. The van der Waals surface area contributed by atoms with Crippen molar-refractivity contribution < 1.29 is 18.4 Å². The molecular formula is C24H30FN5O3. The number of hydrogen-bond acceptors (Lipinski definition) is 8. The van der Waals surface area contributed by atoms with E-state index >= 15 is 0 Å². The summed E-state index contributed by atoms with van der Waals surface area (Å²) in [5.41, 5.74) is 1.97. The van der Waals surface area contributed by atoms with Gasteiger partial charge < -0.3 is 24.2 Å². The highest BCUT2D eigenvalue weighted by Crippen LogP contribution is 2.38. The van der Waals surface area contributed by atoms with Gasteiger partial charge >= 0.3 is 0 Å². The summed E-state index contributed by atoms with van der Waals surface area (Å²) in [6, 6.07) is 4.17. The molecule has 0 radical (unpaired) electrons. The average Bonchev–Trinajstić information content (AvgIpc) is 3.26. The van der Waals surface area contributed by atoms with Gasteiger partial charge in [-0.1, -0.05) is 5.16 Å². The Morgan fingerprint density at radius 1 is 1.06 bits per heavy atom. The normalized spacial score (nSPS) is 18.2. The lowest BCUT2D eigenvalue weighted by Crippen LogP contribution is -2.48. The molecule has 0 saturated carbocycles. The minimum absolute atomic E-state index is 0.328. The predicted molar refractivity (Wildman–Crippen MR) is 123 cm³/mol. The minimum atomic E-state index is -0.402. The van der Waals surface area contributed by atoms with Gasteiger partial charge in [0.15, 0.2) is 5.82 Å². The fraction of sp³-hybridized carbons (Fsp3) is 0.542. The van der Waals surface area contributed by atoms with Crippen LogP contribution >= 0.6 is 0 Å². The number of aromatic nitrogens is 3. The van der Waals surface area contributed by atoms with Crippen LogP contribution in [0.4, 0.5) is 10.2 Å². The van der Waals surface area contributed by atoms with E-state index in [1.54, 1.807) is 6.92 Å². The number of piperidine rings is 1.